The molecule has 182 valence electrons. The van der Waals surface area contributed by atoms with E-state index in [1.54, 1.807) is 30.3 Å². The summed E-state index contributed by atoms with van der Waals surface area (Å²) < 4.78 is 20.5. The fourth-order valence-corrected chi connectivity index (χ4v) is 3.33. The number of aromatic nitrogens is 2. The number of carbonyl (C=O) groups excluding carboxylic acids is 2. The zero-order valence-corrected chi connectivity index (χ0v) is 20.1. The zero-order valence-electron chi connectivity index (χ0n) is 19.3. The van der Waals surface area contributed by atoms with Gasteiger partial charge in [0.05, 0.1) is 11.8 Å². The standard InChI is InChI=1S/C26H21ClFN5O3/c1-15-5-7-17(8-6-15)33-26(35)19-4-3-11-29-25(19)32-18-9-10-22(21(28)12-18)36-23-13-24(31-16(2)34)30-14-20(23)27/h3-14H,1-2H3,(H,29,32)(H,33,35)(H,30,31,34). The molecule has 0 saturated heterocycles. The lowest BCUT2D eigenvalue weighted by Crippen LogP contribution is -2.14. The van der Waals surface area contributed by atoms with Crippen molar-refractivity contribution in [3.8, 4) is 11.5 Å². The van der Waals surface area contributed by atoms with Crippen LogP contribution in [0.5, 0.6) is 11.5 Å². The van der Waals surface area contributed by atoms with E-state index in [1.807, 2.05) is 19.1 Å². The highest BCUT2D eigenvalue weighted by molar-refractivity contribution is 6.32. The Kier molecular flexibility index (Phi) is 7.41. The summed E-state index contributed by atoms with van der Waals surface area (Å²) in [6.45, 7) is 3.29. The smallest absolute Gasteiger partial charge is 0.259 e. The molecule has 0 aliphatic rings. The van der Waals surface area contributed by atoms with Gasteiger partial charge in [0.25, 0.3) is 5.91 Å². The van der Waals surface area contributed by atoms with Crippen molar-refractivity contribution in [3.05, 3.63) is 95.0 Å². The fourth-order valence-electron chi connectivity index (χ4n) is 3.19. The molecule has 8 nitrogen and oxygen atoms in total. The van der Waals surface area contributed by atoms with Crippen LogP contribution in [0.3, 0.4) is 0 Å². The summed E-state index contributed by atoms with van der Waals surface area (Å²) in [5, 5.41) is 8.45. The van der Waals surface area contributed by atoms with Gasteiger partial charge < -0.3 is 20.7 Å². The number of ether oxygens (including phenoxy) is 1. The molecule has 0 saturated carbocycles. The van der Waals surface area contributed by atoms with Crippen molar-refractivity contribution in [1.82, 2.24) is 9.97 Å². The predicted octanol–water partition coefficient (Wildman–Crippen LogP) is 6.32. The predicted molar refractivity (Wildman–Crippen MR) is 137 cm³/mol. The topological polar surface area (TPSA) is 105 Å². The number of benzene rings is 2. The molecule has 0 aliphatic heterocycles. The average Bonchev–Trinajstić information content (AvgIpc) is 2.84. The molecule has 2 aromatic carbocycles. The Bertz CT molecular complexity index is 1430. The Morgan fingerprint density at radius 1 is 0.944 bits per heavy atom. The normalized spacial score (nSPS) is 10.4. The average molecular weight is 506 g/mol. The molecule has 3 N–H and O–H groups in total. The largest absolute Gasteiger partial charge is 0.453 e. The Hall–Kier alpha value is -4.50. The number of amides is 2. The molecule has 0 fully saturated rings. The second-order valence-corrected chi connectivity index (χ2v) is 8.18. The van der Waals surface area contributed by atoms with Gasteiger partial charge in [0.2, 0.25) is 5.91 Å². The Morgan fingerprint density at radius 2 is 1.69 bits per heavy atom. The third-order valence-electron chi connectivity index (χ3n) is 4.90. The van der Waals surface area contributed by atoms with E-state index in [-0.39, 0.29) is 45.5 Å². The molecule has 0 radical (unpaired) electrons. The molecule has 0 spiro atoms. The van der Waals surface area contributed by atoms with E-state index in [1.165, 1.54) is 37.5 Å². The van der Waals surface area contributed by atoms with Crippen molar-refractivity contribution < 1.29 is 18.7 Å². The van der Waals surface area contributed by atoms with Gasteiger partial charge in [-0.15, -0.1) is 0 Å². The van der Waals surface area contributed by atoms with Gasteiger partial charge in [0, 0.05) is 36.6 Å². The maximum absolute atomic E-state index is 14.9. The summed E-state index contributed by atoms with van der Waals surface area (Å²) in [4.78, 5) is 32.3. The van der Waals surface area contributed by atoms with E-state index < -0.39 is 5.82 Å². The zero-order chi connectivity index (χ0) is 25.7. The van der Waals surface area contributed by atoms with Crippen molar-refractivity contribution in [2.45, 2.75) is 13.8 Å². The van der Waals surface area contributed by atoms with Crippen molar-refractivity contribution in [3.63, 3.8) is 0 Å². The number of hydrogen-bond acceptors (Lipinski definition) is 6. The lowest BCUT2D eigenvalue weighted by atomic mass is 10.2. The molecule has 0 atom stereocenters. The molecule has 0 bridgehead atoms. The molecule has 4 rings (SSSR count). The van der Waals surface area contributed by atoms with Crippen LogP contribution in [0.15, 0.2) is 73.1 Å². The number of aryl methyl sites for hydroxylation is 1. The molecule has 10 heteroatoms. The molecule has 2 heterocycles. The van der Waals surface area contributed by atoms with Crippen molar-refractivity contribution in [2.75, 3.05) is 16.0 Å². The van der Waals surface area contributed by atoms with E-state index >= 15 is 0 Å². The van der Waals surface area contributed by atoms with Crippen LogP contribution < -0.4 is 20.7 Å². The molecular weight excluding hydrogens is 485 g/mol. The van der Waals surface area contributed by atoms with Crippen LogP contribution in [0.25, 0.3) is 0 Å². The monoisotopic (exact) mass is 505 g/mol. The van der Waals surface area contributed by atoms with Gasteiger partial charge in [0.15, 0.2) is 17.3 Å². The third-order valence-corrected chi connectivity index (χ3v) is 5.18. The number of hydrogen-bond donors (Lipinski definition) is 3. The maximum Gasteiger partial charge on any atom is 0.259 e. The van der Waals surface area contributed by atoms with Gasteiger partial charge in [-0.25, -0.2) is 14.4 Å². The molecule has 2 aromatic heterocycles. The molecule has 4 aromatic rings. The van der Waals surface area contributed by atoms with Crippen LogP contribution in [0.4, 0.5) is 27.4 Å². The number of anilines is 4. The van der Waals surface area contributed by atoms with Crippen LogP contribution in [-0.4, -0.2) is 21.8 Å². The summed E-state index contributed by atoms with van der Waals surface area (Å²) >= 11 is 6.11. The second kappa shape index (κ2) is 10.8. The van der Waals surface area contributed by atoms with Gasteiger partial charge in [-0.1, -0.05) is 29.3 Å². The lowest BCUT2D eigenvalue weighted by molar-refractivity contribution is -0.114. The first-order chi connectivity index (χ1) is 17.3. The number of pyridine rings is 2. The summed E-state index contributed by atoms with van der Waals surface area (Å²) in [6.07, 6.45) is 2.82. The van der Waals surface area contributed by atoms with Crippen molar-refractivity contribution >= 4 is 46.4 Å². The first-order valence-electron chi connectivity index (χ1n) is 10.8. The van der Waals surface area contributed by atoms with Crippen LogP contribution >= 0.6 is 11.6 Å². The molecule has 2 amide bonds. The number of nitrogens with one attached hydrogen (secondary N) is 3. The van der Waals surface area contributed by atoms with E-state index in [4.69, 9.17) is 16.3 Å². The van der Waals surface area contributed by atoms with Gasteiger partial charge in [-0.2, -0.15) is 0 Å². The lowest BCUT2D eigenvalue weighted by Gasteiger charge is -2.13. The third kappa shape index (κ3) is 6.13. The number of halogens is 2. The van der Waals surface area contributed by atoms with Gasteiger partial charge in [0.1, 0.15) is 16.7 Å². The van der Waals surface area contributed by atoms with Crippen molar-refractivity contribution in [2.24, 2.45) is 0 Å². The summed E-state index contributed by atoms with van der Waals surface area (Å²) in [7, 11) is 0. The molecule has 0 unspecified atom stereocenters. The van der Waals surface area contributed by atoms with Crippen LogP contribution in [0.2, 0.25) is 5.02 Å². The number of carbonyl (C=O) groups is 2. The summed E-state index contributed by atoms with van der Waals surface area (Å²) in [6, 6.07) is 16.2. The van der Waals surface area contributed by atoms with Gasteiger partial charge in [-0.05, 0) is 43.3 Å². The van der Waals surface area contributed by atoms with Crippen LogP contribution in [0.1, 0.15) is 22.8 Å². The fraction of sp³-hybridized carbons (Fsp3) is 0.0769. The highest BCUT2D eigenvalue weighted by Gasteiger charge is 2.15. The van der Waals surface area contributed by atoms with Crippen molar-refractivity contribution in [1.29, 1.82) is 0 Å². The van der Waals surface area contributed by atoms with E-state index in [0.29, 0.717) is 11.4 Å². The maximum atomic E-state index is 14.9. The summed E-state index contributed by atoms with van der Waals surface area (Å²) in [5.74, 6) is -0.873. The molecule has 36 heavy (non-hydrogen) atoms. The molecule has 0 aliphatic carbocycles. The van der Waals surface area contributed by atoms with Gasteiger partial charge in [-0.3, -0.25) is 9.59 Å². The van der Waals surface area contributed by atoms with Crippen LogP contribution in [-0.2, 0) is 4.79 Å². The summed E-state index contributed by atoms with van der Waals surface area (Å²) in [5.41, 5.74) is 2.35. The first kappa shape index (κ1) is 24.6. The Labute approximate surface area is 211 Å². The van der Waals surface area contributed by atoms with E-state index in [2.05, 4.69) is 25.9 Å². The Morgan fingerprint density at radius 3 is 2.42 bits per heavy atom. The highest BCUT2D eigenvalue weighted by Crippen LogP contribution is 2.33. The quantitative estimate of drug-likeness (QED) is 0.271. The SMILES string of the molecule is CC(=O)Nc1cc(Oc2ccc(Nc3ncccc3C(=O)Nc3ccc(C)cc3)cc2F)c(Cl)cn1. The minimum absolute atomic E-state index is 0.0965. The molecular formula is C26H21ClFN5O3. The highest BCUT2D eigenvalue weighted by atomic mass is 35.5. The first-order valence-corrected chi connectivity index (χ1v) is 11.2. The van der Waals surface area contributed by atoms with E-state index in [0.717, 1.165) is 5.56 Å². The minimum atomic E-state index is -0.685. The number of nitrogens with zero attached hydrogens (tertiary/aromatic N) is 2. The number of rotatable bonds is 7. The van der Waals surface area contributed by atoms with E-state index in [9.17, 15) is 14.0 Å². The van der Waals surface area contributed by atoms with Gasteiger partial charge >= 0.3 is 0 Å². The second-order valence-electron chi connectivity index (χ2n) is 7.77. The van der Waals surface area contributed by atoms with Crippen LogP contribution in [0, 0.1) is 12.7 Å². The minimum Gasteiger partial charge on any atom is -0.453 e. The Balaban J connectivity index is 1.51.